The quantitative estimate of drug-likeness (QED) is 0.427. The van der Waals surface area contributed by atoms with Gasteiger partial charge in [0, 0.05) is 0 Å². The number of methoxy groups -OCH3 is 1. The van der Waals surface area contributed by atoms with Gasteiger partial charge in [-0.2, -0.15) is 0 Å². The lowest BCUT2D eigenvalue weighted by Crippen LogP contribution is -2.19. The predicted molar refractivity (Wildman–Crippen MR) is 50.9 cm³/mol. The third-order valence-electron chi connectivity index (χ3n) is 2.14. The van der Waals surface area contributed by atoms with Crippen molar-refractivity contribution in [3.63, 3.8) is 0 Å². The van der Waals surface area contributed by atoms with E-state index in [-0.39, 0.29) is 0 Å². The third-order valence-corrected chi connectivity index (χ3v) is 2.58. The molecule has 2 unspecified atom stereocenters. The van der Waals surface area contributed by atoms with Crippen LogP contribution in [0.2, 0.25) is 0 Å². The Kier molecular flexibility index (Phi) is 2.21. The van der Waals surface area contributed by atoms with Gasteiger partial charge in [0.25, 0.3) is 5.06 Å². The van der Waals surface area contributed by atoms with E-state index < -0.39 is 17.1 Å². The van der Waals surface area contributed by atoms with Crippen LogP contribution in [0, 0.1) is 0 Å². The molecule has 1 fully saturated rings. The molecule has 0 saturated carbocycles. The minimum atomic E-state index is -1.31. The fourth-order valence-corrected chi connectivity index (χ4v) is 1.63. The summed E-state index contributed by atoms with van der Waals surface area (Å²) in [4.78, 5) is 11.2. The molecule has 2 rings (SSSR count). The zero-order valence-electron chi connectivity index (χ0n) is 7.57. The minimum absolute atomic E-state index is 0.391. The van der Waals surface area contributed by atoms with Crippen molar-refractivity contribution in [2.45, 2.75) is 11.2 Å². The second-order valence-electron chi connectivity index (χ2n) is 3.05. The molecule has 14 heavy (non-hydrogen) atoms. The molecular formula is C10H9ClO3. The molecule has 4 heteroatoms. The molecule has 74 valence electrons. The highest BCUT2D eigenvalue weighted by molar-refractivity contribution is 6.35. The van der Waals surface area contributed by atoms with Crippen molar-refractivity contribution in [3.8, 4) is 0 Å². The SMILES string of the molecule is COC(=O)C1(Cl)OC1c1ccccc1. The molecule has 0 aliphatic carbocycles. The lowest BCUT2D eigenvalue weighted by atomic mass is 10.1. The monoisotopic (exact) mass is 212 g/mol. The Morgan fingerprint density at radius 3 is 2.71 bits per heavy atom. The van der Waals surface area contributed by atoms with Crippen molar-refractivity contribution in [2.75, 3.05) is 7.11 Å². The van der Waals surface area contributed by atoms with Crippen LogP contribution in [0.5, 0.6) is 0 Å². The van der Waals surface area contributed by atoms with Crippen LogP contribution < -0.4 is 0 Å². The van der Waals surface area contributed by atoms with Crippen molar-refractivity contribution in [1.82, 2.24) is 0 Å². The summed E-state index contributed by atoms with van der Waals surface area (Å²) in [5, 5.41) is -1.31. The molecule has 2 atom stereocenters. The first kappa shape index (κ1) is 9.49. The number of rotatable bonds is 2. The molecule has 0 N–H and O–H groups in total. The number of carbonyl (C=O) groups excluding carboxylic acids is 1. The summed E-state index contributed by atoms with van der Waals surface area (Å²) in [7, 11) is 1.29. The maximum absolute atomic E-state index is 11.2. The van der Waals surface area contributed by atoms with E-state index >= 15 is 0 Å². The Hall–Kier alpha value is -1.06. The van der Waals surface area contributed by atoms with Crippen molar-refractivity contribution in [1.29, 1.82) is 0 Å². The Bertz CT molecular complexity index is 352. The summed E-state index contributed by atoms with van der Waals surface area (Å²) < 4.78 is 9.67. The molecule has 0 amide bonds. The van der Waals surface area contributed by atoms with Crippen molar-refractivity contribution in [3.05, 3.63) is 35.9 Å². The van der Waals surface area contributed by atoms with E-state index in [1.54, 1.807) is 0 Å². The second-order valence-corrected chi connectivity index (χ2v) is 3.61. The first-order valence-electron chi connectivity index (χ1n) is 4.18. The van der Waals surface area contributed by atoms with Gasteiger partial charge in [-0.15, -0.1) is 0 Å². The Morgan fingerprint density at radius 1 is 1.50 bits per heavy atom. The van der Waals surface area contributed by atoms with E-state index in [2.05, 4.69) is 4.74 Å². The van der Waals surface area contributed by atoms with Gasteiger partial charge < -0.3 is 9.47 Å². The highest BCUT2D eigenvalue weighted by Gasteiger charge is 2.63. The number of carbonyl (C=O) groups is 1. The Balaban J connectivity index is 2.16. The van der Waals surface area contributed by atoms with Gasteiger partial charge in [-0.05, 0) is 5.56 Å². The summed E-state index contributed by atoms with van der Waals surface area (Å²) in [6.07, 6.45) is -0.391. The second kappa shape index (κ2) is 3.26. The standard InChI is InChI=1S/C10H9ClO3/c1-13-9(12)10(11)8(14-10)7-5-3-2-4-6-7/h2-6,8H,1H3. The average Bonchev–Trinajstić information content (AvgIpc) is 2.92. The van der Waals surface area contributed by atoms with E-state index in [1.807, 2.05) is 30.3 Å². The maximum atomic E-state index is 11.2. The van der Waals surface area contributed by atoms with Crippen LogP contribution in [0.4, 0.5) is 0 Å². The van der Waals surface area contributed by atoms with Gasteiger partial charge in [-0.3, -0.25) is 0 Å². The number of benzene rings is 1. The summed E-state index contributed by atoms with van der Waals surface area (Å²) in [5.41, 5.74) is 0.882. The first-order chi connectivity index (χ1) is 6.68. The third kappa shape index (κ3) is 1.38. The van der Waals surface area contributed by atoms with Gasteiger partial charge in [0.1, 0.15) is 6.10 Å². The number of hydrogen-bond donors (Lipinski definition) is 0. The Labute approximate surface area is 86.6 Å². The predicted octanol–water partition coefficient (Wildman–Crippen LogP) is 1.87. The lowest BCUT2D eigenvalue weighted by Gasteiger charge is -2.00. The summed E-state index contributed by atoms with van der Waals surface area (Å²) in [5.74, 6) is -0.548. The Morgan fingerprint density at radius 2 is 2.14 bits per heavy atom. The summed E-state index contributed by atoms with van der Waals surface area (Å²) in [6, 6.07) is 9.34. The molecule has 1 aliphatic rings. The molecule has 1 aromatic rings. The normalized spacial score (nSPS) is 29.7. The minimum Gasteiger partial charge on any atom is -0.466 e. The molecule has 1 aliphatic heterocycles. The van der Waals surface area contributed by atoms with Gasteiger partial charge in [-0.25, -0.2) is 4.79 Å². The average molecular weight is 213 g/mol. The van der Waals surface area contributed by atoms with E-state index in [0.29, 0.717) is 0 Å². The van der Waals surface area contributed by atoms with Crippen LogP contribution in [0.3, 0.4) is 0 Å². The zero-order chi connectivity index (χ0) is 10.2. The lowest BCUT2D eigenvalue weighted by molar-refractivity contribution is -0.143. The maximum Gasteiger partial charge on any atom is 0.357 e. The van der Waals surface area contributed by atoms with Crippen molar-refractivity contribution >= 4 is 17.6 Å². The number of epoxide rings is 1. The van der Waals surface area contributed by atoms with Gasteiger partial charge in [0.05, 0.1) is 7.11 Å². The van der Waals surface area contributed by atoms with Gasteiger partial charge >= 0.3 is 5.97 Å². The molecule has 0 bridgehead atoms. The fourth-order valence-electron chi connectivity index (χ4n) is 1.34. The molecule has 3 nitrogen and oxygen atoms in total. The molecule has 0 aromatic heterocycles. The highest BCUT2D eigenvalue weighted by atomic mass is 35.5. The van der Waals surface area contributed by atoms with Crippen LogP contribution in [-0.2, 0) is 14.3 Å². The topological polar surface area (TPSA) is 38.8 Å². The van der Waals surface area contributed by atoms with Gasteiger partial charge in [0.15, 0.2) is 0 Å². The highest BCUT2D eigenvalue weighted by Crippen LogP contribution is 2.53. The molecule has 0 spiro atoms. The van der Waals surface area contributed by atoms with E-state index in [4.69, 9.17) is 16.3 Å². The van der Waals surface area contributed by atoms with Crippen LogP contribution >= 0.6 is 11.6 Å². The number of esters is 1. The number of ether oxygens (including phenoxy) is 2. The number of halogens is 1. The molecular weight excluding hydrogens is 204 g/mol. The van der Waals surface area contributed by atoms with E-state index in [0.717, 1.165) is 5.56 Å². The molecule has 1 saturated heterocycles. The van der Waals surface area contributed by atoms with Crippen LogP contribution in [0.25, 0.3) is 0 Å². The molecule has 1 aromatic carbocycles. The zero-order valence-corrected chi connectivity index (χ0v) is 8.32. The summed E-state index contributed by atoms with van der Waals surface area (Å²) in [6.45, 7) is 0. The molecule has 1 heterocycles. The molecule has 0 radical (unpaired) electrons. The van der Waals surface area contributed by atoms with Crippen molar-refractivity contribution < 1.29 is 14.3 Å². The smallest absolute Gasteiger partial charge is 0.357 e. The van der Waals surface area contributed by atoms with E-state index in [1.165, 1.54) is 7.11 Å². The first-order valence-corrected chi connectivity index (χ1v) is 4.56. The number of hydrogen-bond acceptors (Lipinski definition) is 3. The van der Waals surface area contributed by atoms with Gasteiger partial charge in [0.2, 0.25) is 0 Å². The number of alkyl halides is 1. The van der Waals surface area contributed by atoms with Crippen LogP contribution in [0.1, 0.15) is 11.7 Å². The van der Waals surface area contributed by atoms with Crippen molar-refractivity contribution in [2.24, 2.45) is 0 Å². The fraction of sp³-hybridized carbons (Fsp3) is 0.300. The van der Waals surface area contributed by atoms with Gasteiger partial charge in [-0.1, -0.05) is 41.9 Å². The van der Waals surface area contributed by atoms with Crippen LogP contribution in [-0.4, -0.2) is 18.1 Å². The van der Waals surface area contributed by atoms with Crippen LogP contribution in [0.15, 0.2) is 30.3 Å². The largest absolute Gasteiger partial charge is 0.466 e. The van der Waals surface area contributed by atoms with E-state index in [9.17, 15) is 4.79 Å². The summed E-state index contributed by atoms with van der Waals surface area (Å²) >= 11 is 5.90.